The molecule has 2 fully saturated rings. The number of piperidine rings is 1. The third-order valence-corrected chi connectivity index (χ3v) is 2.97. The number of nitrogens with zero attached hydrogens (tertiary/aromatic N) is 1. The van der Waals surface area contributed by atoms with Gasteiger partial charge in [-0.05, 0) is 32.2 Å². The summed E-state index contributed by atoms with van der Waals surface area (Å²) in [5, 5.41) is 0. The van der Waals surface area contributed by atoms with Gasteiger partial charge in [0.25, 0.3) is 0 Å². The zero-order chi connectivity index (χ0) is 8.43. The molecule has 0 amide bonds. The van der Waals surface area contributed by atoms with Crippen molar-refractivity contribution in [1.29, 1.82) is 0 Å². The van der Waals surface area contributed by atoms with Gasteiger partial charge in [0.15, 0.2) is 0 Å². The van der Waals surface area contributed by atoms with Crippen molar-refractivity contribution in [3.8, 4) is 0 Å². The van der Waals surface area contributed by atoms with E-state index < -0.39 is 0 Å². The molecule has 11 heavy (non-hydrogen) atoms. The lowest BCUT2D eigenvalue weighted by atomic mass is 10.1. The van der Waals surface area contributed by atoms with E-state index in [9.17, 15) is 0 Å². The molecule has 2 aliphatic rings. The Kier molecular flexibility index (Phi) is 2.90. The molecule has 0 aromatic carbocycles. The molecule has 66 valence electrons. The molecular weight excluding hydrogens is 136 g/mol. The Bertz CT molecular complexity index is 107. The second-order valence-corrected chi connectivity index (χ2v) is 3.38. The molecule has 2 rings (SSSR count). The molecule has 0 spiro atoms. The van der Waals surface area contributed by atoms with E-state index in [1.807, 2.05) is 13.8 Å². The van der Waals surface area contributed by atoms with Crippen LogP contribution in [0.15, 0.2) is 0 Å². The minimum atomic E-state index is 0.378. The van der Waals surface area contributed by atoms with Gasteiger partial charge in [-0.15, -0.1) is 0 Å². The molecule has 1 heterocycles. The maximum atomic E-state index is 5.89. The van der Waals surface area contributed by atoms with Crippen molar-refractivity contribution in [2.45, 2.75) is 45.3 Å². The van der Waals surface area contributed by atoms with Crippen LogP contribution >= 0.6 is 0 Å². The summed E-state index contributed by atoms with van der Waals surface area (Å²) in [6.45, 7) is 4.00. The summed E-state index contributed by atoms with van der Waals surface area (Å²) in [5.74, 6) is 0.819. The molecule has 2 nitrogen and oxygen atoms in total. The first-order valence-electron chi connectivity index (χ1n) is 4.76. The number of nitrogens with two attached hydrogens (primary N) is 1. The van der Waals surface area contributed by atoms with Gasteiger partial charge in [-0.25, -0.2) is 0 Å². The van der Waals surface area contributed by atoms with Gasteiger partial charge in [0, 0.05) is 6.04 Å². The Labute approximate surface area is 69.8 Å². The number of hydrogen-bond donors (Lipinski definition) is 1. The van der Waals surface area contributed by atoms with Crippen LogP contribution in [0.4, 0.5) is 0 Å². The zero-order valence-corrected chi connectivity index (χ0v) is 7.88. The van der Waals surface area contributed by atoms with Crippen LogP contribution in [0.3, 0.4) is 0 Å². The van der Waals surface area contributed by atoms with Crippen molar-refractivity contribution in [2.75, 3.05) is 7.05 Å². The van der Waals surface area contributed by atoms with Crippen molar-refractivity contribution in [3.63, 3.8) is 0 Å². The van der Waals surface area contributed by atoms with E-state index in [0.29, 0.717) is 6.17 Å². The van der Waals surface area contributed by atoms with Gasteiger partial charge in [-0.3, -0.25) is 4.90 Å². The van der Waals surface area contributed by atoms with Crippen LogP contribution in [-0.2, 0) is 0 Å². The normalized spacial score (nSPS) is 42.0. The monoisotopic (exact) mass is 156 g/mol. The Morgan fingerprint density at radius 2 is 1.91 bits per heavy atom. The molecule has 0 aromatic heterocycles. The van der Waals surface area contributed by atoms with Crippen LogP contribution in [-0.4, -0.2) is 24.2 Å². The fourth-order valence-corrected chi connectivity index (χ4v) is 2.25. The lowest BCUT2D eigenvalue weighted by molar-refractivity contribution is 0.181. The summed E-state index contributed by atoms with van der Waals surface area (Å²) >= 11 is 0. The lowest BCUT2D eigenvalue weighted by Crippen LogP contribution is -2.43. The third kappa shape index (κ3) is 1.42. The van der Waals surface area contributed by atoms with Crippen LogP contribution in [0.1, 0.15) is 33.1 Å². The molecule has 3 unspecified atom stereocenters. The van der Waals surface area contributed by atoms with Gasteiger partial charge in [0.05, 0.1) is 6.17 Å². The second-order valence-electron chi connectivity index (χ2n) is 3.38. The Morgan fingerprint density at radius 1 is 1.27 bits per heavy atom. The average Bonchev–Trinajstić information content (AvgIpc) is 2.60. The van der Waals surface area contributed by atoms with Gasteiger partial charge in [-0.1, -0.05) is 13.8 Å². The third-order valence-electron chi connectivity index (χ3n) is 2.97. The van der Waals surface area contributed by atoms with E-state index in [1.165, 1.54) is 19.3 Å². The summed E-state index contributed by atoms with van der Waals surface area (Å²) in [6, 6.07) is 0.824. The Morgan fingerprint density at radius 3 is 2.18 bits per heavy atom. The van der Waals surface area contributed by atoms with Crippen molar-refractivity contribution in [2.24, 2.45) is 11.7 Å². The van der Waals surface area contributed by atoms with Crippen LogP contribution in [0.25, 0.3) is 0 Å². The predicted molar refractivity (Wildman–Crippen MR) is 48.2 cm³/mol. The smallest absolute Gasteiger partial charge is 0.0601 e. The van der Waals surface area contributed by atoms with Gasteiger partial charge < -0.3 is 5.73 Å². The van der Waals surface area contributed by atoms with Crippen LogP contribution in [0.5, 0.6) is 0 Å². The van der Waals surface area contributed by atoms with E-state index in [-0.39, 0.29) is 0 Å². The van der Waals surface area contributed by atoms with Crippen molar-refractivity contribution in [3.05, 3.63) is 0 Å². The molecule has 0 aromatic rings. The van der Waals surface area contributed by atoms with Crippen molar-refractivity contribution in [1.82, 2.24) is 4.90 Å². The summed E-state index contributed by atoms with van der Waals surface area (Å²) < 4.78 is 0. The largest absolute Gasteiger partial charge is 0.315 e. The molecule has 1 saturated heterocycles. The SMILES string of the molecule is CC.CN1C2CCC(C2)C1N. The average molecular weight is 156 g/mol. The zero-order valence-electron chi connectivity index (χ0n) is 7.88. The maximum Gasteiger partial charge on any atom is 0.0601 e. The maximum absolute atomic E-state index is 5.89. The predicted octanol–water partition coefficient (Wildman–Crippen LogP) is 1.41. The lowest BCUT2D eigenvalue weighted by Gasteiger charge is -2.28. The first-order chi connectivity index (χ1) is 5.29. The van der Waals surface area contributed by atoms with Gasteiger partial charge >= 0.3 is 0 Å². The van der Waals surface area contributed by atoms with E-state index in [0.717, 1.165) is 12.0 Å². The fraction of sp³-hybridized carbons (Fsp3) is 1.00. The fourth-order valence-electron chi connectivity index (χ4n) is 2.25. The quantitative estimate of drug-likeness (QED) is 0.574. The molecule has 1 saturated carbocycles. The van der Waals surface area contributed by atoms with Gasteiger partial charge in [0.1, 0.15) is 0 Å². The van der Waals surface area contributed by atoms with E-state index in [1.54, 1.807) is 0 Å². The number of likely N-dealkylation sites (tertiary alicyclic amines) is 1. The number of fused-ring (bicyclic) bond motifs is 2. The first kappa shape index (κ1) is 9.01. The summed E-state index contributed by atoms with van der Waals surface area (Å²) in [7, 11) is 2.15. The highest BCUT2D eigenvalue weighted by atomic mass is 15.3. The summed E-state index contributed by atoms with van der Waals surface area (Å²) in [6.07, 6.45) is 4.49. The Balaban J connectivity index is 0.000000281. The topological polar surface area (TPSA) is 29.3 Å². The summed E-state index contributed by atoms with van der Waals surface area (Å²) in [4.78, 5) is 2.33. The van der Waals surface area contributed by atoms with Crippen molar-refractivity contribution < 1.29 is 0 Å². The minimum absolute atomic E-state index is 0.378. The summed E-state index contributed by atoms with van der Waals surface area (Å²) in [5.41, 5.74) is 5.89. The minimum Gasteiger partial charge on any atom is -0.315 e. The molecular formula is C9H20N2. The second kappa shape index (κ2) is 3.55. The van der Waals surface area contributed by atoms with Crippen LogP contribution in [0.2, 0.25) is 0 Å². The van der Waals surface area contributed by atoms with E-state index >= 15 is 0 Å². The van der Waals surface area contributed by atoms with Crippen LogP contribution in [0, 0.1) is 5.92 Å². The van der Waals surface area contributed by atoms with Crippen LogP contribution < -0.4 is 5.73 Å². The molecule has 1 aliphatic heterocycles. The highest BCUT2D eigenvalue weighted by Gasteiger charge is 2.41. The molecule has 1 aliphatic carbocycles. The molecule has 0 radical (unpaired) electrons. The molecule has 2 bridgehead atoms. The van der Waals surface area contributed by atoms with Gasteiger partial charge in [0.2, 0.25) is 0 Å². The first-order valence-corrected chi connectivity index (χ1v) is 4.76. The van der Waals surface area contributed by atoms with E-state index in [4.69, 9.17) is 5.73 Å². The molecule has 2 heteroatoms. The van der Waals surface area contributed by atoms with Crippen molar-refractivity contribution >= 4 is 0 Å². The van der Waals surface area contributed by atoms with E-state index in [2.05, 4.69) is 11.9 Å². The standard InChI is InChI=1S/C7H14N2.C2H6/c1-9-6-3-2-5(4-6)7(9)8;1-2/h5-7H,2-4,8H2,1H3;1-2H3. The van der Waals surface area contributed by atoms with Gasteiger partial charge in [-0.2, -0.15) is 0 Å². The highest BCUT2D eigenvalue weighted by Crippen LogP contribution is 2.38. The molecule has 3 atom stereocenters. The number of hydrogen-bond acceptors (Lipinski definition) is 2. The Hall–Kier alpha value is -0.0800. The highest BCUT2D eigenvalue weighted by molar-refractivity contribution is 4.94. The molecule has 2 N–H and O–H groups in total. The number of rotatable bonds is 0.